The number of carbonyl (C=O) groups is 1. The van der Waals surface area contributed by atoms with Crippen LogP contribution in [0.25, 0.3) is 6.08 Å². The maximum absolute atomic E-state index is 13.2. The molecule has 0 radical (unpaired) electrons. The molecule has 1 fully saturated rings. The molecule has 1 saturated heterocycles. The lowest BCUT2D eigenvalue weighted by atomic mass is 10.0. The lowest BCUT2D eigenvalue weighted by molar-refractivity contribution is -0.126. The SMILES string of the molecule is COc1cc(/C=C/C(=O)N2CCCC2c2ccc(F)cc2)cc(OC)c1OC. The van der Waals surface area contributed by atoms with Gasteiger partial charge < -0.3 is 19.1 Å². The Labute approximate surface area is 164 Å². The van der Waals surface area contributed by atoms with Crippen LogP contribution in [-0.2, 0) is 4.79 Å². The summed E-state index contributed by atoms with van der Waals surface area (Å²) in [6.45, 7) is 0.681. The zero-order chi connectivity index (χ0) is 20.1. The predicted molar refractivity (Wildman–Crippen MR) is 105 cm³/mol. The minimum atomic E-state index is -0.276. The number of nitrogens with zero attached hydrogens (tertiary/aromatic N) is 1. The number of rotatable bonds is 6. The summed E-state index contributed by atoms with van der Waals surface area (Å²) in [6.07, 6.45) is 5.07. The Hall–Kier alpha value is -3.02. The highest BCUT2D eigenvalue weighted by atomic mass is 19.1. The number of hydrogen-bond donors (Lipinski definition) is 0. The Bertz CT molecular complexity index is 838. The number of ether oxygens (including phenoxy) is 3. The molecule has 2 aromatic rings. The Morgan fingerprint density at radius 3 is 2.29 bits per heavy atom. The van der Waals surface area contributed by atoms with Crippen LogP contribution in [0, 0.1) is 5.82 Å². The van der Waals surface area contributed by atoms with Crippen molar-refractivity contribution in [2.45, 2.75) is 18.9 Å². The fraction of sp³-hybridized carbons (Fsp3) is 0.318. The van der Waals surface area contributed by atoms with Crippen LogP contribution in [0.3, 0.4) is 0 Å². The summed E-state index contributed by atoms with van der Waals surface area (Å²) >= 11 is 0. The summed E-state index contributed by atoms with van der Waals surface area (Å²) in [5.74, 6) is 1.20. The highest BCUT2D eigenvalue weighted by Crippen LogP contribution is 2.38. The van der Waals surface area contributed by atoms with Crippen molar-refractivity contribution in [1.82, 2.24) is 4.90 Å². The highest BCUT2D eigenvalue weighted by molar-refractivity contribution is 5.92. The Kier molecular flexibility index (Phi) is 6.19. The number of amides is 1. The maximum Gasteiger partial charge on any atom is 0.247 e. The Morgan fingerprint density at radius 2 is 1.71 bits per heavy atom. The normalized spacial score (nSPS) is 16.4. The van der Waals surface area contributed by atoms with Gasteiger partial charge in [-0.05, 0) is 54.3 Å². The number of hydrogen-bond acceptors (Lipinski definition) is 4. The van der Waals surface area contributed by atoms with Crippen LogP contribution >= 0.6 is 0 Å². The first kappa shape index (κ1) is 19.7. The third-order valence-electron chi connectivity index (χ3n) is 4.90. The van der Waals surface area contributed by atoms with E-state index in [0.29, 0.717) is 23.8 Å². The van der Waals surface area contributed by atoms with Gasteiger partial charge in [0.15, 0.2) is 11.5 Å². The molecule has 3 rings (SSSR count). The van der Waals surface area contributed by atoms with Crippen LogP contribution in [-0.4, -0.2) is 38.7 Å². The standard InChI is InChI=1S/C22H24FNO4/c1-26-19-13-15(14-20(27-2)22(19)28-3)6-11-21(25)24-12-4-5-18(24)16-7-9-17(23)10-8-16/h6-11,13-14,18H,4-5,12H2,1-3H3/b11-6+. The average Bonchev–Trinajstić information content (AvgIpc) is 3.21. The zero-order valence-corrected chi connectivity index (χ0v) is 16.3. The molecular formula is C22H24FNO4. The van der Waals surface area contributed by atoms with Gasteiger partial charge in [-0.15, -0.1) is 0 Å². The monoisotopic (exact) mass is 385 g/mol. The van der Waals surface area contributed by atoms with Gasteiger partial charge in [-0.25, -0.2) is 4.39 Å². The summed E-state index contributed by atoms with van der Waals surface area (Å²) in [7, 11) is 4.64. The van der Waals surface area contributed by atoms with E-state index in [4.69, 9.17) is 14.2 Å². The van der Waals surface area contributed by atoms with E-state index in [1.807, 2.05) is 4.90 Å². The summed E-state index contributed by atoms with van der Waals surface area (Å²) in [4.78, 5) is 14.6. The van der Waals surface area contributed by atoms with Gasteiger partial charge in [-0.3, -0.25) is 4.79 Å². The second-order valence-corrected chi connectivity index (χ2v) is 6.53. The van der Waals surface area contributed by atoms with Crippen LogP contribution in [0.5, 0.6) is 17.2 Å². The van der Waals surface area contributed by atoms with Crippen molar-refractivity contribution in [2.75, 3.05) is 27.9 Å². The largest absolute Gasteiger partial charge is 0.493 e. The lowest BCUT2D eigenvalue weighted by Gasteiger charge is -2.24. The molecule has 1 aliphatic rings. The predicted octanol–water partition coefficient (Wildman–Crippen LogP) is 4.23. The van der Waals surface area contributed by atoms with Crippen molar-refractivity contribution in [2.24, 2.45) is 0 Å². The molecule has 0 saturated carbocycles. The molecule has 1 unspecified atom stereocenters. The second-order valence-electron chi connectivity index (χ2n) is 6.53. The van der Waals surface area contributed by atoms with Crippen molar-refractivity contribution >= 4 is 12.0 Å². The van der Waals surface area contributed by atoms with E-state index in [2.05, 4.69) is 0 Å². The van der Waals surface area contributed by atoms with E-state index in [1.54, 1.807) is 57.7 Å². The molecule has 28 heavy (non-hydrogen) atoms. The molecule has 1 aliphatic heterocycles. The van der Waals surface area contributed by atoms with E-state index in [9.17, 15) is 9.18 Å². The van der Waals surface area contributed by atoms with Crippen LogP contribution in [0.15, 0.2) is 42.5 Å². The third kappa shape index (κ3) is 4.11. The van der Waals surface area contributed by atoms with Gasteiger partial charge in [0.25, 0.3) is 0 Å². The minimum absolute atomic E-state index is 0.0299. The molecule has 1 atom stereocenters. The summed E-state index contributed by atoms with van der Waals surface area (Å²) in [6, 6.07) is 9.89. The Morgan fingerprint density at radius 1 is 1.07 bits per heavy atom. The fourth-order valence-electron chi connectivity index (χ4n) is 3.52. The van der Waals surface area contributed by atoms with Gasteiger partial charge >= 0.3 is 0 Å². The van der Waals surface area contributed by atoms with E-state index in [-0.39, 0.29) is 17.8 Å². The van der Waals surface area contributed by atoms with Crippen molar-refractivity contribution in [3.05, 3.63) is 59.4 Å². The smallest absolute Gasteiger partial charge is 0.247 e. The van der Waals surface area contributed by atoms with Gasteiger partial charge in [0.2, 0.25) is 11.7 Å². The van der Waals surface area contributed by atoms with E-state index in [0.717, 1.165) is 24.0 Å². The molecule has 0 spiro atoms. The molecule has 148 valence electrons. The quantitative estimate of drug-likeness (QED) is 0.699. The number of carbonyl (C=O) groups excluding carboxylic acids is 1. The Balaban J connectivity index is 1.80. The summed E-state index contributed by atoms with van der Waals surface area (Å²) in [5, 5.41) is 0. The molecule has 0 aromatic heterocycles. The fourth-order valence-corrected chi connectivity index (χ4v) is 3.52. The van der Waals surface area contributed by atoms with Crippen molar-refractivity contribution in [3.8, 4) is 17.2 Å². The third-order valence-corrected chi connectivity index (χ3v) is 4.90. The topological polar surface area (TPSA) is 48.0 Å². The van der Waals surface area contributed by atoms with Crippen molar-refractivity contribution in [3.63, 3.8) is 0 Å². The van der Waals surface area contributed by atoms with Gasteiger partial charge in [0.1, 0.15) is 5.82 Å². The molecule has 6 heteroatoms. The molecule has 1 amide bonds. The summed E-state index contributed by atoms with van der Waals surface area (Å²) in [5.41, 5.74) is 1.72. The first-order valence-electron chi connectivity index (χ1n) is 9.11. The van der Waals surface area contributed by atoms with Crippen LogP contribution in [0.4, 0.5) is 4.39 Å². The first-order chi connectivity index (χ1) is 13.6. The molecule has 0 bridgehead atoms. The maximum atomic E-state index is 13.2. The van der Waals surface area contributed by atoms with Crippen LogP contribution in [0.2, 0.25) is 0 Å². The van der Waals surface area contributed by atoms with Crippen LogP contribution < -0.4 is 14.2 Å². The number of methoxy groups -OCH3 is 3. The molecule has 2 aromatic carbocycles. The number of halogens is 1. The highest BCUT2D eigenvalue weighted by Gasteiger charge is 2.28. The minimum Gasteiger partial charge on any atom is -0.493 e. The lowest BCUT2D eigenvalue weighted by Crippen LogP contribution is -2.28. The molecule has 0 N–H and O–H groups in total. The summed E-state index contributed by atoms with van der Waals surface area (Å²) < 4.78 is 29.2. The molecule has 5 nitrogen and oxygen atoms in total. The number of likely N-dealkylation sites (tertiary alicyclic amines) is 1. The molecule has 1 heterocycles. The van der Waals surface area contributed by atoms with Gasteiger partial charge in [-0.2, -0.15) is 0 Å². The molecule has 0 aliphatic carbocycles. The van der Waals surface area contributed by atoms with Crippen LogP contribution in [0.1, 0.15) is 30.0 Å². The molecular weight excluding hydrogens is 361 g/mol. The first-order valence-corrected chi connectivity index (χ1v) is 9.11. The van der Waals surface area contributed by atoms with Crippen molar-refractivity contribution < 1.29 is 23.4 Å². The van der Waals surface area contributed by atoms with Gasteiger partial charge in [-0.1, -0.05) is 12.1 Å². The average molecular weight is 385 g/mol. The second kappa shape index (κ2) is 8.78. The number of benzene rings is 2. The zero-order valence-electron chi connectivity index (χ0n) is 16.3. The van der Waals surface area contributed by atoms with Gasteiger partial charge in [0, 0.05) is 12.6 Å². The van der Waals surface area contributed by atoms with Gasteiger partial charge in [0.05, 0.1) is 27.4 Å². The van der Waals surface area contributed by atoms with E-state index in [1.165, 1.54) is 12.1 Å². The van der Waals surface area contributed by atoms with E-state index >= 15 is 0 Å². The van der Waals surface area contributed by atoms with Crippen molar-refractivity contribution in [1.29, 1.82) is 0 Å². The van der Waals surface area contributed by atoms with E-state index < -0.39 is 0 Å².